The van der Waals surface area contributed by atoms with Gasteiger partial charge in [-0.2, -0.15) is 0 Å². The number of para-hydroxylation sites is 1. The van der Waals surface area contributed by atoms with Crippen LogP contribution in [0.25, 0.3) is 88.0 Å². The Morgan fingerprint density at radius 1 is 0.293 bits per heavy atom. The van der Waals surface area contributed by atoms with Crippen LogP contribution >= 0.6 is 0 Å². The molecule has 0 amide bonds. The SMILES string of the molecule is c1ccc(-c2ccc(N(c3ccc(-c4ccc(-c5cccc6ccccc56)cc4)cc3)c3ccccc3-c3ccc4c(c3)oc3c5ccccc5ccc43)cc2)cc1. The average molecular weight is 740 g/mol. The first-order valence-corrected chi connectivity index (χ1v) is 19.8. The lowest BCUT2D eigenvalue weighted by molar-refractivity contribution is 0.673. The number of rotatable bonds is 7. The normalized spacial score (nSPS) is 11.4. The van der Waals surface area contributed by atoms with Crippen molar-refractivity contribution in [1.82, 2.24) is 0 Å². The molecule has 0 spiro atoms. The van der Waals surface area contributed by atoms with Crippen molar-refractivity contribution >= 4 is 60.5 Å². The fourth-order valence-corrected chi connectivity index (χ4v) is 8.57. The van der Waals surface area contributed by atoms with Gasteiger partial charge in [-0.05, 0) is 104 Å². The van der Waals surface area contributed by atoms with Gasteiger partial charge in [-0.1, -0.05) is 176 Å². The van der Waals surface area contributed by atoms with E-state index in [1.54, 1.807) is 0 Å². The molecule has 0 aliphatic heterocycles. The van der Waals surface area contributed by atoms with Gasteiger partial charge in [-0.25, -0.2) is 0 Å². The molecule has 11 aromatic rings. The Morgan fingerprint density at radius 2 is 0.793 bits per heavy atom. The first-order chi connectivity index (χ1) is 28.7. The molecule has 11 rings (SSSR count). The minimum absolute atomic E-state index is 0.883. The maximum atomic E-state index is 6.65. The van der Waals surface area contributed by atoms with Crippen LogP contribution in [0.3, 0.4) is 0 Å². The molecule has 2 nitrogen and oxygen atoms in total. The van der Waals surface area contributed by atoms with Gasteiger partial charge in [0.2, 0.25) is 0 Å². The predicted molar refractivity (Wildman–Crippen MR) is 245 cm³/mol. The fourth-order valence-electron chi connectivity index (χ4n) is 8.57. The van der Waals surface area contributed by atoms with E-state index in [2.05, 4.69) is 229 Å². The zero-order valence-corrected chi connectivity index (χ0v) is 31.7. The smallest absolute Gasteiger partial charge is 0.143 e. The van der Waals surface area contributed by atoms with E-state index in [4.69, 9.17) is 4.42 Å². The molecule has 0 N–H and O–H groups in total. The summed E-state index contributed by atoms with van der Waals surface area (Å²) in [7, 11) is 0. The number of furan rings is 1. The van der Waals surface area contributed by atoms with Gasteiger partial charge in [0, 0.05) is 33.1 Å². The van der Waals surface area contributed by atoms with Gasteiger partial charge in [-0.15, -0.1) is 0 Å². The standard InChI is InChI=1S/C56H37NO/c1-2-11-38(12-3-1)40-25-31-46(32-26-40)57(47-33-27-41(28-34-47)39-21-23-44(24-22-39)49-19-10-15-42-13-4-6-16-48(42)49)54-20-9-8-17-50(54)45-30-35-52-53-36-29-43-14-5-7-18-51(43)56(53)58-55(52)37-45/h1-37H. The van der Waals surface area contributed by atoms with Crippen LogP contribution in [-0.4, -0.2) is 0 Å². The lowest BCUT2D eigenvalue weighted by atomic mass is 9.96. The predicted octanol–water partition coefficient (Wildman–Crippen LogP) is 16.0. The molecule has 0 bridgehead atoms. The average Bonchev–Trinajstić information content (AvgIpc) is 3.69. The molecule has 1 heterocycles. The lowest BCUT2D eigenvalue weighted by Crippen LogP contribution is -2.11. The molecular weight excluding hydrogens is 703 g/mol. The fraction of sp³-hybridized carbons (Fsp3) is 0. The van der Waals surface area contributed by atoms with Crippen LogP contribution in [0.2, 0.25) is 0 Å². The maximum absolute atomic E-state index is 6.65. The highest BCUT2D eigenvalue weighted by Crippen LogP contribution is 2.44. The number of nitrogens with zero attached hydrogens (tertiary/aromatic N) is 1. The van der Waals surface area contributed by atoms with E-state index in [-0.39, 0.29) is 0 Å². The second kappa shape index (κ2) is 14.1. The molecule has 2 heteroatoms. The summed E-state index contributed by atoms with van der Waals surface area (Å²) in [4.78, 5) is 2.37. The molecule has 0 aliphatic rings. The third kappa shape index (κ3) is 5.91. The maximum Gasteiger partial charge on any atom is 0.143 e. The zero-order valence-electron chi connectivity index (χ0n) is 31.7. The summed E-state index contributed by atoms with van der Waals surface area (Å²) in [5, 5.41) is 7.09. The van der Waals surface area contributed by atoms with Crippen molar-refractivity contribution < 1.29 is 4.42 Å². The van der Waals surface area contributed by atoms with E-state index >= 15 is 0 Å². The van der Waals surface area contributed by atoms with Gasteiger partial charge in [0.05, 0.1) is 5.69 Å². The summed E-state index contributed by atoms with van der Waals surface area (Å²) < 4.78 is 6.65. The van der Waals surface area contributed by atoms with Gasteiger partial charge in [0.15, 0.2) is 0 Å². The summed E-state index contributed by atoms with van der Waals surface area (Å²) >= 11 is 0. The van der Waals surface area contributed by atoms with E-state index in [1.165, 1.54) is 49.5 Å². The Kier molecular flexibility index (Phi) is 8.19. The molecule has 0 atom stereocenters. The summed E-state index contributed by atoms with van der Waals surface area (Å²) in [6.07, 6.45) is 0. The van der Waals surface area contributed by atoms with Crippen molar-refractivity contribution in [3.05, 3.63) is 224 Å². The van der Waals surface area contributed by atoms with Gasteiger partial charge >= 0.3 is 0 Å². The van der Waals surface area contributed by atoms with E-state index in [1.807, 2.05) is 0 Å². The lowest BCUT2D eigenvalue weighted by Gasteiger charge is -2.28. The summed E-state index contributed by atoms with van der Waals surface area (Å²) in [6, 6.07) is 80.6. The summed E-state index contributed by atoms with van der Waals surface area (Å²) in [6.45, 7) is 0. The number of fused-ring (bicyclic) bond motifs is 6. The van der Waals surface area contributed by atoms with Crippen LogP contribution in [0.1, 0.15) is 0 Å². The summed E-state index contributed by atoms with van der Waals surface area (Å²) in [5.41, 5.74) is 14.5. The van der Waals surface area contributed by atoms with Crippen molar-refractivity contribution in [3.8, 4) is 44.5 Å². The number of anilines is 3. The molecule has 0 saturated heterocycles. The van der Waals surface area contributed by atoms with Crippen LogP contribution in [-0.2, 0) is 0 Å². The highest BCUT2D eigenvalue weighted by Gasteiger charge is 2.19. The van der Waals surface area contributed by atoms with Gasteiger partial charge in [-0.3, -0.25) is 0 Å². The van der Waals surface area contributed by atoms with Crippen molar-refractivity contribution in [3.63, 3.8) is 0 Å². The van der Waals surface area contributed by atoms with Gasteiger partial charge in [0.25, 0.3) is 0 Å². The number of hydrogen-bond donors (Lipinski definition) is 0. The molecule has 10 aromatic carbocycles. The van der Waals surface area contributed by atoms with Crippen molar-refractivity contribution in [2.45, 2.75) is 0 Å². The van der Waals surface area contributed by atoms with E-state index in [9.17, 15) is 0 Å². The monoisotopic (exact) mass is 739 g/mol. The molecular formula is C56H37NO. The van der Waals surface area contributed by atoms with Gasteiger partial charge < -0.3 is 9.32 Å². The quantitative estimate of drug-likeness (QED) is 0.162. The first-order valence-electron chi connectivity index (χ1n) is 19.8. The second-order valence-electron chi connectivity index (χ2n) is 14.9. The highest BCUT2D eigenvalue weighted by molar-refractivity contribution is 6.15. The Morgan fingerprint density at radius 3 is 1.52 bits per heavy atom. The van der Waals surface area contributed by atoms with Crippen LogP contribution in [0.15, 0.2) is 229 Å². The van der Waals surface area contributed by atoms with Crippen LogP contribution in [0, 0.1) is 0 Å². The Labute approximate surface area is 337 Å². The highest BCUT2D eigenvalue weighted by atomic mass is 16.3. The molecule has 0 fully saturated rings. The van der Waals surface area contributed by atoms with Crippen LogP contribution in [0.5, 0.6) is 0 Å². The molecule has 272 valence electrons. The minimum Gasteiger partial charge on any atom is -0.455 e. The first kappa shape index (κ1) is 33.6. The number of benzene rings is 10. The largest absolute Gasteiger partial charge is 0.455 e. The molecule has 0 unspecified atom stereocenters. The van der Waals surface area contributed by atoms with Crippen LogP contribution in [0.4, 0.5) is 17.1 Å². The minimum atomic E-state index is 0.883. The van der Waals surface area contributed by atoms with Gasteiger partial charge in [0.1, 0.15) is 11.2 Å². The van der Waals surface area contributed by atoms with E-state index in [0.717, 1.165) is 55.5 Å². The third-order valence-electron chi connectivity index (χ3n) is 11.5. The second-order valence-corrected chi connectivity index (χ2v) is 14.9. The van der Waals surface area contributed by atoms with E-state index < -0.39 is 0 Å². The Hall–Kier alpha value is -7.68. The summed E-state index contributed by atoms with van der Waals surface area (Å²) in [5.74, 6) is 0. The zero-order chi connectivity index (χ0) is 38.4. The molecule has 0 saturated carbocycles. The van der Waals surface area contributed by atoms with Crippen molar-refractivity contribution in [1.29, 1.82) is 0 Å². The van der Waals surface area contributed by atoms with Crippen molar-refractivity contribution in [2.75, 3.05) is 4.90 Å². The molecule has 1 aromatic heterocycles. The third-order valence-corrected chi connectivity index (χ3v) is 11.5. The Bertz CT molecular complexity index is 3250. The van der Waals surface area contributed by atoms with E-state index in [0.29, 0.717) is 0 Å². The van der Waals surface area contributed by atoms with Crippen molar-refractivity contribution in [2.24, 2.45) is 0 Å². The number of hydrogen-bond acceptors (Lipinski definition) is 2. The molecule has 0 radical (unpaired) electrons. The Balaban J connectivity index is 0.993. The molecule has 0 aliphatic carbocycles. The topological polar surface area (TPSA) is 16.4 Å². The molecule has 58 heavy (non-hydrogen) atoms. The van der Waals surface area contributed by atoms with Crippen LogP contribution < -0.4 is 4.90 Å².